The van der Waals surface area contributed by atoms with Crippen LogP contribution >= 0.6 is 15.6 Å². The number of aldehydes is 1. The van der Waals surface area contributed by atoms with E-state index in [-0.39, 0.29) is 25.9 Å². The lowest BCUT2D eigenvalue weighted by Gasteiger charge is -2.21. The first-order valence-electron chi connectivity index (χ1n) is 40.7. The molecule has 0 amide bonds. The molecule has 19 heteroatoms. The van der Waals surface area contributed by atoms with Crippen LogP contribution in [-0.4, -0.2) is 104 Å². The minimum atomic E-state index is -4.99. The van der Waals surface area contributed by atoms with Gasteiger partial charge >= 0.3 is 33.6 Å². The number of hydrogen-bond acceptors (Lipinski definition) is 15. The summed E-state index contributed by atoms with van der Waals surface area (Å²) in [6.45, 7) is 3.35. The lowest BCUT2D eigenvalue weighted by atomic mass is 10.1. The molecule has 0 saturated carbocycles. The van der Waals surface area contributed by atoms with E-state index >= 15 is 0 Å². The molecule has 0 aliphatic carbocycles. The van der Waals surface area contributed by atoms with Crippen molar-refractivity contribution in [2.45, 2.75) is 322 Å². The number of carbonyl (C=O) groups is 4. The van der Waals surface area contributed by atoms with Crippen molar-refractivity contribution in [3.63, 3.8) is 0 Å². The van der Waals surface area contributed by atoms with Crippen LogP contribution in [0.4, 0.5) is 0 Å². The molecule has 0 aromatic heterocycles. The summed E-state index contributed by atoms with van der Waals surface area (Å²) in [6, 6.07) is 0. The number of esters is 3. The molecule has 604 valence electrons. The maximum atomic E-state index is 13.1. The highest BCUT2D eigenvalue weighted by atomic mass is 31.2. The summed E-state index contributed by atoms with van der Waals surface area (Å²) in [5.74, 6) is -1.74. The summed E-state index contributed by atoms with van der Waals surface area (Å²) >= 11 is 0. The number of phosphoric ester groups is 2. The van der Waals surface area contributed by atoms with Crippen molar-refractivity contribution in [3.05, 3.63) is 158 Å². The van der Waals surface area contributed by atoms with Gasteiger partial charge in [-0.15, -0.1) is 0 Å². The summed E-state index contributed by atoms with van der Waals surface area (Å²) in [7, 11) is -9.91. The molecule has 17 nitrogen and oxygen atoms in total. The normalized spacial score (nSPS) is 14.7. The first kappa shape index (κ1) is 101. The minimum absolute atomic E-state index is 0.0111. The van der Waals surface area contributed by atoms with Gasteiger partial charge in [0, 0.05) is 32.3 Å². The zero-order chi connectivity index (χ0) is 77.3. The van der Waals surface area contributed by atoms with Crippen LogP contribution in [0.2, 0.25) is 0 Å². The largest absolute Gasteiger partial charge is 0.472 e. The highest BCUT2D eigenvalue weighted by Crippen LogP contribution is 2.45. The van der Waals surface area contributed by atoms with E-state index in [1.54, 1.807) is 0 Å². The SMILES string of the molecule is CCCCC/C=C\C/C=C\C/C=C\C/C=C\CCCC(=O)OC[C@H](COP(=O)(O)OC[C@@H](O)COP(=O)(O)OC[C@@H](COCCCCCCCCC/C=C\CCCCCCC=O)OC(=O)CCC/C=C\C/C=C\C/C=C\C/C=C\CCCCC)OC(=O)CCC/C=C\C/C=C\C/C=C\C/C=C\CCCCC. The first-order valence-corrected chi connectivity index (χ1v) is 43.7. The molecule has 5 atom stereocenters. The number of rotatable bonds is 77. The van der Waals surface area contributed by atoms with E-state index < -0.39 is 84.9 Å². The van der Waals surface area contributed by atoms with Crippen molar-refractivity contribution >= 4 is 39.8 Å². The van der Waals surface area contributed by atoms with Gasteiger partial charge < -0.3 is 38.6 Å². The van der Waals surface area contributed by atoms with Crippen molar-refractivity contribution in [2.24, 2.45) is 0 Å². The van der Waals surface area contributed by atoms with Gasteiger partial charge in [0.05, 0.1) is 33.0 Å². The van der Waals surface area contributed by atoms with E-state index in [1.807, 2.05) is 36.5 Å². The van der Waals surface area contributed by atoms with Crippen LogP contribution in [0.25, 0.3) is 0 Å². The van der Waals surface area contributed by atoms with E-state index in [0.29, 0.717) is 51.6 Å². The lowest BCUT2D eigenvalue weighted by Crippen LogP contribution is -2.30. The Morgan fingerprint density at radius 1 is 0.302 bits per heavy atom. The molecule has 0 fully saturated rings. The lowest BCUT2D eigenvalue weighted by molar-refractivity contribution is -0.161. The highest BCUT2D eigenvalue weighted by Gasteiger charge is 2.30. The van der Waals surface area contributed by atoms with Gasteiger partial charge in [-0.2, -0.15) is 0 Å². The molecular weight excluding hydrogens is 1380 g/mol. The molecule has 2 unspecified atom stereocenters. The first-order chi connectivity index (χ1) is 51.8. The zero-order valence-corrected chi connectivity index (χ0v) is 67.6. The quantitative estimate of drug-likeness (QED) is 0.0128. The maximum Gasteiger partial charge on any atom is 0.472 e. The number of aliphatic hydroxyl groups is 1. The molecule has 0 saturated heterocycles. The second-order valence-corrected chi connectivity index (χ2v) is 29.5. The molecular formula is C87H144O17P2. The molecule has 3 N–H and O–H groups in total. The van der Waals surface area contributed by atoms with Gasteiger partial charge in [0.15, 0.2) is 6.10 Å². The topological polar surface area (TPSA) is 237 Å². The Labute approximate surface area is 642 Å². The van der Waals surface area contributed by atoms with E-state index in [0.717, 1.165) is 160 Å². The Kier molecular flexibility index (Phi) is 75.5. The van der Waals surface area contributed by atoms with Crippen LogP contribution in [0.1, 0.15) is 303 Å². The molecule has 0 spiro atoms. The highest BCUT2D eigenvalue weighted by molar-refractivity contribution is 7.47. The molecule has 0 aliphatic rings. The van der Waals surface area contributed by atoms with Gasteiger partial charge in [-0.25, -0.2) is 9.13 Å². The third-order valence-electron chi connectivity index (χ3n) is 16.4. The van der Waals surface area contributed by atoms with Crippen molar-refractivity contribution in [3.8, 4) is 0 Å². The van der Waals surface area contributed by atoms with Crippen LogP contribution < -0.4 is 0 Å². The maximum absolute atomic E-state index is 13.1. The van der Waals surface area contributed by atoms with Crippen molar-refractivity contribution < 1.29 is 80.2 Å². The monoisotopic (exact) mass is 1520 g/mol. The molecule has 106 heavy (non-hydrogen) atoms. The van der Waals surface area contributed by atoms with Crippen LogP contribution in [0.3, 0.4) is 0 Å². The second kappa shape index (κ2) is 79.4. The fraction of sp³-hybridized carbons (Fsp3) is 0.655. The summed E-state index contributed by atoms with van der Waals surface area (Å²) in [5, 5.41) is 10.7. The van der Waals surface area contributed by atoms with Gasteiger partial charge in [-0.3, -0.25) is 32.5 Å². The summed E-state index contributed by atoms with van der Waals surface area (Å²) in [5.41, 5.74) is 0. The number of phosphoric acid groups is 2. The number of carbonyl (C=O) groups excluding carboxylic acids is 4. The predicted molar refractivity (Wildman–Crippen MR) is 436 cm³/mol. The smallest absolute Gasteiger partial charge is 0.462 e. The van der Waals surface area contributed by atoms with E-state index in [1.165, 1.54) is 64.2 Å². The van der Waals surface area contributed by atoms with Gasteiger partial charge in [0.1, 0.15) is 25.1 Å². The predicted octanol–water partition coefficient (Wildman–Crippen LogP) is 23.7. The van der Waals surface area contributed by atoms with Gasteiger partial charge in [0.25, 0.3) is 0 Å². The Balaban J connectivity index is 5.47. The van der Waals surface area contributed by atoms with Crippen LogP contribution in [-0.2, 0) is 65.4 Å². The number of hydrogen-bond donors (Lipinski definition) is 3. The van der Waals surface area contributed by atoms with Crippen molar-refractivity contribution in [1.82, 2.24) is 0 Å². The number of ether oxygens (including phenoxy) is 4. The Bertz CT molecular complexity index is 2590. The number of aliphatic hydroxyl groups excluding tert-OH is 1. The van der Waals surface area contributed by atoms with E-state index in [9.17, 15) is 43.2 Å². The van der Waals surface area contributed by atoms with E-state index in [2.05, 4.69) is 142 Å². The molecule has 0 aliphatic heterocycles. The molecule has 0 aromatic rings. The minimum Gasteiger partial charge on any atom is -0.462 e. The third kappa shape index (κ3) is 78.4. The molecule has 0 aromatic carbocycles. The van der Waals surface area contributed by atoms with Crippen LogP contribution in [0.5, 0.6) is 0 Å². The van der Waals surface area contributed by atoms with Gasteiger partial charge in [-0.05, 0) is 173 Å². The third-order valence-corrected chi connectivity index (χ3v) is 18.3. The zero-order valence-electron chi connectivity index (χ0n) is 65.8. The van der Waals surface area contributed by atoms with Gasteiger partial charge in [-0.1, -0.05) is 262 Å². The van der Waals surface area contributed by atoms with Crippen LogP contribution in [0, 0.1) is 0 Å². The van der Waals surface area contributed by atoms with E-state index in [4.69, 9.17) is 37.0 Å². The average molecular weight is 1520 g/mol. The fourth-order valence-electron chi connectivity index (χ4n) is 10.2. The Morgan fingerprint density at radius 2 is 0.557 bits per heavy atom. The number of allylic oxidation sites excluding steroid dienone is 26. The molecule has 0 heterocycles. The average Bonchev–Trinajstić information content (AvgIpc) is 0.904. The summed E-state index contributed by atoms with van der Waals surface area (Å²) in [4.78, 5) is 70.7. The van der Waals surface area contributed by atoms with Crippen LogP contribution in [0.15, 0.2) is 158 Å². The standard InChI is InChI=1S/C87H144O17P2/c1-4-7-10-13-16-19-22-25-28-31-36-41-46-51-56-61-66-71-85(90)98-79-84(104-87(92)73-68-63-58-53-48-43-38-33-30-27-24-21-18-15-12-9-6-3)81-102-106(95,96)100-77-82(89)76-99-105(93,94)101-80-83(78-97-75-70-65-60-55-50-45-40-35-34-39-44-49-54-59-64-69-74-88)103-86(91)72-67-62-57-52-47-42-37-32-29-26-23-20-17-14-11-8-5-2/h16-21,25-30,34,36-39,41-43,51-53,56-58,74,82-84,89H,4-15,22-24,31-33,35,40,44-50,54-55,59-73,75-81H2,1-3H3,(H,93,94)(H,95,96)/b19-16-,20-17-,21-18-,28-25-,29-26-,30-27-,39-34-,41-36-,42-37-,43-38-,56-51-,57-52-,58-53-/t82-,83+,84+/m0/s1. The number of unbranched alkanes of at least 4 members (excludes halogenated alkanes) is 24. The molecule has 0 radical (unpaired) electrons. The van der Waals surface area contributed by atoms with Gasteiger partial charge in [0.2, 0.25) is 0 Å². The summed E-state index contributed by atoms with van der Waals surface area (Å²) < 4.78 is 69.1. The molecule has 0 bridgehead atoms. The Hall–Kier alpha value is -5.16. The fourth-order valence-corrected chi connectivity index (χ4v) is 11.8. The van der Waals surface area contributed by atoms with Crippen molar-refractivity contribution in [2.75, 3.05) is 46.2 Å². The Morgan fingerprint density at radius 3 is 0.887 bits per heavy atom. The second-order valence-electron chi connectivity index (χ2n) is 26.6. The molecule has 0 rings (SSSR count). The van der Waals surface area contributed by atoms with Crippen molar-refractivity contribution in [1.29, 1.82) is 0 Å². The summed E-state index contributed by atoms with van der Waals surface area (Å²) in [6.07, 6.45) is 92.9.